The molecular weight excluding hydrogens is 264 g/mol. The van der Waals surface area contributed by atoms with E-state index in [0.29, 0.717) is 22.9 Å². The topological polar surface area (TPSA) is 61.3 Å². The minimum absolute atomic E-state index is 0.339. The molecule has 6 heteroatoms. The molecule has 2 heterocycles. The molecule has 0 saturated carbocycles. The lowest BCUT2D eigenvalue weighted by atomic mass is 10.2. The van der Waals surface area contributed by atoms with Gasteiger partial charge in [0.15, 0.2) is 0 Å². The molecule has 0 spiro atoms. The first kappa shape index (κ1) is 13.5. The van der Waals surface area contributed by atoms with Gasteiger partial charge < -0.3 is 9.47 Å². The lowest BCUT2D eigenvalue weighted by Gasteiger charge is -2.00. The molecule has 0 aromatic carbocycles. The molecule has 0 amide bonds. The van der Waals surface area contributed by atoms with Crippen molar-refractivity contribution < 1.29 is 14.3 Å². The summed E-state index contributed by atoms with van der Waals surface area (Å²) in [6.45, 7) is 1.80. The number of pyridine rings is 1. The van der Waals surface area contributed by atoms with Crippen molar-refractivity contribution in [2.45, 2.75) is 13.3 Å². The van der Waals surface area contributed by atoms with Gasteiger partial charge in [-0.3, -0.25) is 0 Å². The monoisotopic (exact) mass is 278 g/mol. The first-order valence-corrected chi connectivity index (χ1v) is 6.49. The predicted molar refractivity (Wildman–Crippen MR) is 71.8 cm³/mol. The minimum Gasteiger partial charge on any atom is -0.481 e. The number of hydrogen-bond donors (Lipinski definition) is 0. The molecule has 2 aromatic rings. The van der Waals surface area contributed by atoms with Crippen LogP contribution in [0.2, 0.25) is 0 Å². The summed E-state index contributed by atoms with van der Waals surface area (Å²) in [6.07, 6.45) is 2.38. The number of aromatic nitrogens is 2. The summed E-state index contributed by atoms with van der Waals surface area (Å²) in [5, 5.41) is 0.866. The maximum atomic E-state index is 11.5. The van der Waals surface area contributed by atoms with Crippen molar-refractivity contribution in [1.82, 2.24) is 9.97 Å². The van der Waals surface area contributed by atoms with E-state index in [9.17, 15) is 4.79 Å². The number of aryl methyl sites for hydroxylation is 1. The molecule has 0 bridgehead atoms. The summed E-state index contributed by atoms with van der Waals surface area (Å²) in [7, 11) is 2.95. The molecule has 0 radical (unpaired) electrons. The van der Waals surface area contributed by atoms with Gasteiger partial charge in [-0.25, -0.2) is 14.8 Å². The summed E-state index contributed by atoms with van der Waals surface area (Å²) in [5.41, 5.74) is 1.72. The third-order valence-corrected chi connectivity index (χ3v) is 3.71. The second kappa shape index (κ2) is 5.79. The Bertz CT molecular complexity index is 578. The van der Waals surface area contributed by atoms with E-state index >= 15 is 0 Å². The van der Waals surface area contributed by atoms with Crippen LogP contribution in [0.4, 0.5) is 0 Å². The van der Waals surface area contributed by atoms with E-state index in [1.165, 1.54) is 18.4 Å². The number of nitrogens with zero attached hydrogens (tertiary/aromatic N) is 2. The van der Waals surface area contributed by atoms with Gasteiger partial charge in [-0.2, -0.15) is 0 Å². The van der Waals surface area contributed by atoms with Crippen LogP contribution in [0.15, 0.2) is 18.3 Å². The lowest BCUT2D eigenvalue weighted by Crippen LogP contribution is -1.99. The first-order valence-electron chi connectivity index (χ1n) is 5.67. The lowest BCUT2D eigenvalue weighted by molar-refractivity contribution is 0.0605. The molecule has 0 N–H and O–H groups in total. The van der Waals surface area contributed by atoms with Gasteiger partial charge in [-0.1, -0.05) is 6.07 Å². The standard InChI is InChI=1S/C13H14N2O3S/c1-8-12(13(16)18-3)19-11(15-8)6-9-4-5-10(17-2)14-7-9/h4-5,7H,6H2,1-3H3. The van der Waals surface area contributed by atoms with E-state index < -0.39 is 0 Å². The molecule has 0 unspecified atom stereocenters. The Labute approximate surface area is 115 Å². The highest BCUT2D eigenvalue weighted by Crippen LogP contribution is 2.21. The van der Waals surface area contributed by atoms with Crippen LogP contribution in [-0.2, 0) is 11.2 Å². The Balaban J connectivity index is 2.16. The number of carbonyl (C=O) groups excluding carboxylic acids is 1. The van der Waals surface area contributed by atoms with Crippen molar-refractivity contribution in [2.24, 2.45) is 0 Å². The van der Waals surface area contributed by atoms with Crippen molar-refractivity contribution in [1.29, 1.82) is 0 Å². The Kier molecular flexibility index (Phi) is 4.11. The number of methoxy groups -OCH3 is 2. The van der Waals surface area contributed by atoms with E-state index in [1.54, 1.807) is 26.3 Å². The highest BCUT2D eigenvalue weighted by Gasteiger charge is 2.15. The van der Waals surface area contributed by atoms with E-state index in [2.05, 4.69) is 9.97 Å². The van der Waals surface area contributed by atoms with Crippen molar-refractivity contribution in [3.05, 3.63) is 39.5 Å². The summed E-state index contributed by atoms with van der Waals surface area (Å²) in [4.78, 5) is 20.6. The van der Waals surface area contributed by atoms with Crippen molar-refractivity contribution in [2.75, 3.05) is 14.2 Å². The van der Waals surface area contributed by atoms with E-state index in [1.807, 2.05) is 6.07 Å². The van der Waals surface area contributed by atoms with Gasteiger partial charge in [0.2, 0.25) is 5.88 Å². The molecule has 100 valence electrons. The normalized spacial score (nSPS) is 10.3. The number of thiazole rings is 1. The molecule has 0 aliphatic heterocycles. The van der Waals surface area contributed by atoms with Crippen molar-refractivity contribution in [3.63, 3.8) is 0 Å². The van der Waals surface area contributed by atoms with Crippen LogP contribution in [0.5, 0.6) is 5.88 Å². The molecule has 0 aliphatic carbocycles. The van der Waals surface area contributed by atoms with Crippen LogP contribution in [0, 0.1) is 6.92 Å². The van der Waals surface area contributed by atoms with Crippen molar-refractivity contribution >= 4 is 17.3 Å². The molecule has 19 heavy (non-hydrogen) atoms. The third kappa shape index (κ3) is 3.08. The Morgan fingerprint density at radius 1 is 1.37 bits per heavy atom. The van der Waals surface area contributed by atoms with Gasteiger partial charge in [0.1, 0.15) is 4.88 Å². The fourth-order valence-electron chi connectivity index (χ4n) is 1.62. The zero-order valence-electron chi connectivity index (χ0n) is 11.0. The quantitative estimate of drug-likeness (QED) is 0.803. The van der Waals surface area contributed by atoms with E-state index in [0.717, 1.165) is 10.6 Å². The average Bonchev–Trinajstić information content (AvgIpc) is 2.79. The molecule has 5 nitrogen and oxygen atoms in total. The molecule has 0 fully saturated rings. The van der Waals surface area contributed by atoms with E-state index in [-0.39, 0.29) is 5.97 Å². The number of carbonyl (C=O) groups is 1. The van der Waals surface area contributed by atoms with Gasteiger partial charge in [-0.05, 0) is 12.5 Å². The second-order valence-electron chi connectivity index (χ2n) is 3.90. The van der Waals surface area contributed by atoms with Crippen LogP contribution in [0.25, 0.3) is 0 Å². The number of ether oxygens (including phenoxy) is 2. The van der Waals surface area contributed by atoms with Crippen molar-refractivity contribution in [3.8, 4) is 5.88 Å². The van der Waals surface area contributed by atoms with Crippen LogP contribution in [0.3, 0.4) is 0 Å². The van der Waals surface area contributed by atoms with Gasteiger partial charge in [0.05, 0.1) is 24.9 Å². The average molecular weight is 278 g/mol. The van der Waals surface area contributed by atoms with Gasteiger partial charge in [0.25, 0.3) is 0 Å². The molecule has 2 aromatic heterocycles. The Morgan fingerprint density at radius 2 is 2.16 bits per heavy atom. The van der Waals surface area contributed by atoms with Gasteiger partial charge in [0, 0.05) is 18.7 Å². The number of hydrogen-bond acceptors (Lipinski definition) is 6. The second-order valence-corrected chi connectivity index (χ2v) is 4.98. The largest absolute Gasteiger partial charge is 0.481 e. The smallest absolute Gasteiger partial charge is 0.349 e. The summed E-state index contributed by atoms with van der Waals surface area (Å²) < 4.78 is 9.72. The van der Waals surface area contributed by atoms with Gasteiger partial charge in [-0.15, -0.1) is 11.3 Å². The number of esters is 1. The Morgan fingerprint density at radius 3 is 2.74 bits per heavy atom. The highest BCUT2D eigenvalue weighted by atomic mass is 32.1. The summed E-state index contributed by atoms with van der Waals surface area (Å²) in [5.74, 6) is 0.239. The van der Waals surface area contributed by atoms with Crippen LogP contribution in [0.1, 0.15) is 25.9 Å². The minimum atomic E-state index is -0.339. The van der Waals surface area contributed by atoms with Crippen LogP contribution < -0.4 is 4.74 Å². The maximum Gasteiger partial charge on any atom is 0.349 e. The SMILES string of the molecule is COC(=O)c1sc(Cc2ccc(OC)nc2)nc1C. The third-order valence-electron chi connectivity index (χ3n) is 2.57. The first-order chi connectivity index (χ1) is 9.13. The van der Waals surface area contributed by atoms with E-state index in [4.69, 9.17) is 9.47 Å². The summed E-state index contributed by atoms with van der Waals surface area (Å²) in [6, 6.07) is 3.73. The summed E-state index contributed by atoms with van der Waals surface area (Å²) >= 11 is 1.35. The number of rotatable bonds is 4. The predicted octanol–water partition coefficient (Wildman–Crippen LogP) is 2.23. The zero-order valence-corrected chi connectivity index (χ0v) is 11.8. The van der Waals surface area contributed by atoms with Crippen LogP contribution >= 0.6 is 11.3 Å². The highest BCUT2D eigenvalue weighted by molar-refractivity contribution is 7.13. The van der Waals surface area contributed by atoms with Crippen LogP contribution in [-0.4, -0.2) is 30.2 Å². The fraction of sp³-hybridized carbons (Fsp3) is 0.308. The maximum absolute atomic E-state index is 11.5. The molecule has 0 aliphatic rings. The molecular formula is C13H14N2O3S. The molecule has 0 atom stereocenters. The van der Waals surface area contributed by atoms with Gasteiger partial charge >= 0.3 is 5.97 Å². The Hall–Kier alpha value is -1.95. The molecule has 0 saturated heterocycles. The fourth-order valence-corrected chi connectivity index (χ4v) is 2.64. The molecule has 2 rings (SSSR count). The zero-order chi connectivity index (χ0) is 13.8.